The Labute approximate surface area is 122 Å². The molecular weight excluding hydrogens is 256 g/mol. The van der Waals surface area contributed by atoms with Crippen molar-refractivity contribution in [3.05, 3.63) is 12.2 Å². The van der Waals surface area contributed by atoms with Gasteiger partial charge in [-0.15, -0.1) is 0 Å². The monoisotopic (exact) mass is 284 g/mol. The quantitative estimate of drug-likeness (QED) is 0.349. The summed E-state index contributed by atoms with van der Waals surface area (Å²) in [6.45, 7) is 5.70. The molecule has 0 aromatic carbocycles. The lowest BCUT2D eigenvalue weighted by Crippen LogP contribution is -2.29. The summed E-state index contributed by atoms with van der Waals surface area (Å²) in [4.78, 5) is 11.3. The van der Waals surface area contributed by atoms with E-state index in [1.54, 1.807) is 13.0 Å². The van der Waals surface area contributed by atoms with Crippen molar-refractivity contribution in [3.63, 3.8) is 0 Å². The van der Waals surface area contributed by atoms with Crippen LogP contribution in [-0.4, -0.2) is 31.6 Å². The first-order valence-corrected chi connectivity index (χ1v) is 7.83. The average molecular weight is 284 g/mol. The van der Waals surface area contributed by atoms with Crippen molar-refractivity contribution < 1.29 is 19.0 Å². The SMILES string of the molecule is CCCCCCCC1(C/C=C/C(=O)OCC)OCCO1. The maximum absolute atomic E-state index is 11.3. The minimum atomic E-state index is -0.519. The first-order chi connectivity index (χ1) is 9.72. The largest absolute Gasteiger partial charge is 0.463 e. The summed E-state index contributed by atoms with van der Waals surface area (Å²) in [5, 5.41) is 0. The van der Waals surface area contributed by atoms with Crippen molar-refractivity contribution in [3.8, 4) is 0 Å². The molecule has 1 rings (SSSR count). The summed E-state index contributed by atoms with van der Waals surface area (Å²) in [6, 6.07) is 0. The first-order valence-electron chi connectivity index (χ1n) is 7.83. The van der Waals surface area contributed by atoms with Gasteiger partial charge >= 0.3 is 5.97 Å². The number of unbranched alkanes of at least 4 members (excludes halogenated alkanes) is 4. The van der Waals surface area contributed by atoms with Gasteiger partial charge in [0.2, 0.25) is 0 Å². The molecule has 20 heavy (non-hydrogen) atoms. The van der Waals surface area contributed by atoms with Gasteiger partial charge in [-0.25, -0.2) is 4.79 Å². The highest BCUT2D eigenvalue weighted by Gasteiger charge is 2.34. The van der Waals surface area contributed by atoms with Gasteiger partial charge in [0.05, 0.1) is 19.8 Å². The Morgan fingerprint density at radius 2 is 1.85 bits per heavy atom. The summed E-state index contributed by atoms with van der Waals surface area (Å²) >= 11 is 0. The molecule has 1 heterocycles. The van der Waals surface area contributed by atoms with E-state index >= 15 is 0 Å². The highest BCUT2D eigenvalue weighted by molar-refractivity contribution is 5.81. The molecule has 116 valence electrons. The van der Waals surface area contributed by atoms with Crippen LogP contribution in [0.15, 0.2) is 12.2 Å². The third-order valence-electron chi connectivity index (χ3n) is 3.44. The molecule has 0 spiro atoms. The van der Waals surface area contributed by atoms with E-state index in [9.17, 15) is 4.79 Å². The van der Waals surface area contributed by atoms with Crippen LogP contribution in [0.4, 0.5) is 0 Å². The Morgan fingerprint density at radius 1 is 1.15 bits per heavy atom. The Hall–Kier alpha value is -0.870. The van der Waals surface area contributed by atoms with E-state index in [2.05, 4.69) is 6.92 Å². The highest BCUT2D eigenvalue weighted by atomic mass is 16.7. The lowest BCUT2D eigenvalue weighted by atomic mass is 10.0. The molecule has 1 aliphatic rings. The Balaban J connectivity index is 2.32. The Bertz CT molecular complexity index is 293. The van der Waals surface area contributed by atoms with Crippen LogP contribution in [0.1, 0.15) is 58.8 Å². The normalized spacial score (nSPS) is 17.7. The van der Waals surface area contributed by atoms with E-state index in [0.29, 0.717) is 26.2 Å². The second kappa shape index (κ2) is 9.94. The van der Waals surface area contributed by atoms with Crippen molar-refractivity contribution in [2.45, 2.75) is 64.6 Å². The van der Waals surface area contributed by atoms with Crippen LogP contribution in [0, 0.1) is 0 Å². The topological polar surface area (TPSA) is 44.8 Å². The van der Waals surface area contributed by atoms with E-state index < -0.39 is 5.79 Å². The second-order valence-corrected chi connectivity index (χ2v) is 5.13. The molecule has 1 fully saturated rings. The molecule has 0 radical (unpaired) electrons. The van der Waals surface area contributed by atoms with Crippen molar-refractivity contribution >= 4 is 5.97 Å². The highest BCUT2D eigenvalue weighted by Crippen LogP contribution is 2.30. The van der Waals surface area contributed by atoms with Gasteiger partial charge in [0.25, 0.3) is 0 Å². The fourth-order valence-electron chi connectivity index (χ4n) is 2.38. The van der Waals surface area contributed by atoms with Crippen molar-refractivity contribution in [2.24, 2.45) is 0 Å². The summed E-state index contributed by atoms with van der Waals surface area (Å²) in [7, 11) is 0. The average Bonchev–Trinajstić information content (AvgIpc) is 2.88. The smallest absolute Gasteiger partial charge is 0.330 e. The number of carbonyl (C=O) groups is 1. The molecule has 0 amide bonds. The van der Waals surface area contributed by atoms with Crippen molar-refractivity contribution in [1.82, 2.24) is 0 Å². The molecule has 0 saturated carbocycles. The first kappa shape index (κ1) is 17.2. The minimum absolute atomic E-state index is 0.302. The zero-order valence-electron chi connectivity index (χ0n) is 12.9. The molecule has 0 aromatic rings. The third-order valence-corrected chi connectivity index (χ3v) is 3.44. The molecule has 0 unspecified atom stereocenters. The van der Waals surface area contributed by atoms with E-state index in [4.69, 9.17) is 14.2 Å². The van der Waals surface area contributed by atoms with E-state index in [-0.39, 0.29) is 5.97 Å². The van der Waals surface area contributed by atoms with Gasteiger partial charge in [-0.05, 0) is 13.3 Å². The van der Waals surface area contributed by atoms with Crippen LogP contribution < -0.4 is 0 Å². The zero-order chi connectivity index (χ0) is 14.7. The minimum Gasteiger partial charge on any atom is -0.463 e. The van der Waals surface area contributed by atoms with Gasteiger partial charge in [0.15, 0.2) is 5.79 Å². The van der Waals surface area contributed by atoms with Crippen LogP contribution in [0.25, 0.3) is 0 Å². The maximum Gasteiger partial charge on any atom is 0.330 e. The number of ether oxygens (including phenoxy) is 3. The van der Waals surface area contributed by atoms with Gasteiger partial charge < -0.3 is 14.2 Å². The summed E-state index contributed by atoms with van der Waals surface area (Å²) < 4.78 is 16.4. The van der Waals surface area contributed by atoms with Crippen LogP contribution in [0.2, 0.25) is 0 Å². The number of rotatable bonds is 10. The number of esters is 1. The zero-order valence-corrected chi connectivity index (χ0v) is 12.9. The van der Waals surface area contributed by atoms with Gasteiger partial charge in [-0.1, -0.05) is 38.7 Å². The molecule has 0 N–H and O–H groups in total. The molecule has 4 heteroatoms. The predicted octanol–water partition coefficient (Wildman–Crippen LogP) is 3.60. The molecule has 0 aromatic heterocycles. The van der Waals surface area contributed by atoms with Gasteiger partial charge in [0.1, 0.15) is 0 Å². The van der Waals surface area contributed by atoms with E-state index in [1.807, 2.05) is 0 Å². The van der Waals surface area contributed by atoms with E-state index in [0.717, 1.165) is 12.8 Å². The van der Waals surface area contributed by atoms with Gasteiger partial charge in [0, 0.05) is 18.9 Å². The van der Waals surface area contributed by atoms with Crippen LogP contribution in [0.3, 0.4) is 0 Å². The molecule has 0 bridgehead atoms. The summed E-state index contributed by atoms with van der Waals surface area (Å²) in [5.74, 6) is -0.821. The fraction of sp³-hybridized carbons (Fsp3) is 0.812. The lowest BCUT2D eigenvalue weighted by molar-refractivity contribution is -0.160. The predicted molar refractivity (Wildman–Crippen MR) is 78.4 cm³/mol. The second-order valence-electron chi connectivity index (χ2n) is 5.13. The summed E-state index contributed by atoms with van der Waals surface area (Å²) in [5.41, 5.74) is 0. The molecule has 1 saturated heterocycles. The molecule has 1 aliphatic heterocycles. The number of carbonyl (C=O) groups excluding carboxylic acids is 1. The van der Waals surface area contributed by atoms with Gasteiger partial charge in [-0.2, -0.15) is 0 Å². The molecular formula is C16H28O4. The van der Waals surface area contributed by atoms with Gasteiger partial charge in [-0.3, -0.25) is 0 Å². The van der Waals surface area contributed by atoms with Crippen molar-refractivity contribution in [1.29, 1.82) is 0 Å². The number of hydrogen-bond donors (Lipinski definition) is 0. The molecule has 0 atom stereocenters. The van der Waals surface area contributed by atoms with Crippen LogP contribution in [-0.2, 0) is 19.0 Å². The van der Waals surface area contributed by atoms with Crippen LogP contribution >= 0.6 is 0 Å². The number of hydrogen-bond acceptors (Lipinski definition) is 4. The fourth-order valence-corrected chi connectivity index (χ4v) is 2.38. The van der Waals surface area contributed by atoms with Crippen molar-refractivity contribution in [2.75, 3.05) is 19.8 Å². The maximum atomic E-state index is 11.3. The lowest BCUT2D eigenvalue weighted by Gasteiger charge is -2.26. The molecule has 0 aliphatic carbocycles. The Morgan fingerprint density at radius 3 is 2.50 bits per heavy atom. The Kier molecular flexibility index (Phi) is 8.54. The standard InChI is InChI=1S/C16H28O4/c1-3-5-6-7-8-11-16(19-13-14-20-16)12-9-10-15(17)18-4-2/h9-10H,3-8,11-14H2,1-2H3/b10-9+. The molecule has 4 nitrogen and oxygen atoms in total. The summed E-state index contributed by atoms with van der Waals surface area (Å²) in [6.07, 6.45) is 10.9. The van der Waals surface area contributed by atoms with Crippen LogP contribution in [0.5, 0.6) is 0 Å². The van der Waals surface area contributed by atoms with E-state index in [1.165, 1.54) is 31.8 Å². The third kappa shape index (κ3) is 6.53.